The summed E-state index contributed by atoms with van der Waals surface area (Å²) in [4.78, 5) is 3.02. The van der Waals surface area contributed by atoms with Crippen molar-refractivity contribution in [1.82, 2.24) is 4.98 Å². The Morgan fingerprint density at radius 3 is 2.45 bits per heavy atom. The first kappa shape index (κ1) is 14.3. The Balaban J connectivity index is 1.72. The van der Waals surface area contributed by atoms with Crippen molar-refractivity contribution in [2.24, 2.45) is 0 Å². The van der Waals surface area contributed by atoms with Crippen molar-refractivity contribution < 1.29 is 17.9 Å². The summed E-state index contributed by atoms with van der Waals surface area (Å²) in [6.07, 6.45) is -2.62. The lowest BCUT2D eigenvalue weighted by Crippen LogP contribution is -2.05. The molecule has 0 saturated heterocycles. The van der Waals surface area contributed by atoms with Gasteiger partial charge in [0.2, 0.25) is 0 Å². The van der Waals surface area contributed by atoms with Crippen LogP contribution in [0.1, 0.15) is 11.1 Å². The fourth-order valence-electron chi connectivity index (χ4n) is 2.17. The predicted molar refractivity (Wildman–Crippen MR) is 78.5 cm³/mol. The lowest BCUT2D eigenvalue weighted by atomic mass is 10.1. The molecule has 0 aliphatic heterocycles. The van der Waals surface area contributed by atoms with Crippen LogP contribution in [0.25, 0.3) is 10.9 Å². The van der Waals surface area contributed by atoms with E-state index in [1.54, 1.807) is 18.3 Å². The Hall–Kier alpha value is -2.63. The molecule has 22 heavy (non-hydrogen) atoms. The van der Waals surface area contributed by atoms with Crippen LogP contribution in [-0.2, 0) is 12.8 Å². The molecule has 0 spiro atoms. The molecule has 3 rings (SSSR count). The van der Waals surface area contributed by atoms with Gasteiger partial charge < -0.3 is 15.5 Å². The summed E-state index contributed by atoms with van der Waals surface area (Å²) in [5, 5.41) is 0.852. The Labute approximate surface area is 124 Å². The molecule has 1 heterocycles. The van der Waals surface area contributed by atoms with Crippen molar-refractivity contribution in [3.05, 3.63) is 59.8 Å². The summed E-state index contributed by atoms with van der Waals surface area (Å²) >= 11 is 0. The highest BCUT2D eigenvalue weighted by molar-refractivity contribution is 5.92. The second-order valence-corrected chi connectivity index (χ2v) is 4.93. The smallest absolute Gasteiger partial charge is 0.416 e. The van der Waals surface area contributed by atoms with E-state index in [1.807, 2.05) is 6.07 Å². The van der Waals surface area contributed by atoms with Gasteiger partial charge in [-0.2, -0.15) is 13.2 Å². The predicted octanol–water partition coefficient (Wildman–Crippen LogP) is 4.35. The highest BCUT2D eigenvalue weighted by Crippen LogP contribution is 2.29. The Bertz CT molecular complexity index is 791. The van der Waals surface area contributed by atoms with Gasteiger partial charge in [-0.3, -0.25) is 0 Å². The van der Waals surface area contributed by atoms with Crippen molar-refractivity contribution in [3.63, 3.8) is 0 Å². The van der Waals surface area contributed by atoms with E-state index in [-0.39, 0.29) is 6.61 Å². The van der Waals surface area contributed by atoms with Crippen molar-refractivity contribution in [2.75, 3.05) is 5.73 Å². The normalized spacial score (nSPS) is 11.8. The van der Waals surface area contributed by atoms with Crippen molar-refractivity contribution in [2.45, 2.75) is 12.8 Å². The number of benzene rings is 2. The van der Waals surface area contributed by atoms with E-state index in [1.165, 1.54) is 12.1 Å². The first-order chi connectivity index (χ1) is 10.4. The zero-order valence-corrected chi connectivity index (χ0v) is 11.4. The number of fused-ring (bicyclic) bond motifs is 1. The molecule has 114 valence electrons. The zero-order valence-electron chi connectivity index (χ0n) is 11.4. The maximum atomic E-state index is 12.5. The van der Waals surface area contributed by atoms with Crippen LogP contribution in [0.2, 0.25) is 0 Å². The lowest BCUT2D eigenvalue weighted by Gasteiger charge is -2.09. The van der Waals surface area contributed by atoms with Gasteiger partial charge in [-0.05, 0) is 35.9 Å². The number of nitrogen functional groups attached to an aromatic ring is 1. The number of rotatable bonds is 3. The number of hydrogen-bond acceptors (Lipinski definition) is 2. The van der Waals surface area contributed by atoms with Crippen LogP contribution in [0.4, 0.5) is 18.9 Å². The molecular weight excluding hydrogens is 293 g/mol. The quantitative estimate of drug-likeness (QED) is 0.756. The van der Waals surface area contributed by atoms with Gasteiger partial charge in [0.05, 0.1) is 11.3 Å². The number of nitrogens with one attached hydrogen (secondary N) is 1. The molecule has 0 aliphatic carbocycles. The second kappa shape index (κ2) is 5.29. The molecule has 1 aromatic heterocycles. The van der Waals surface area contributed by atoms with E-state index in [0.29, 0.717) is 17.0 Å². The van der Waals surface area contributed by atoms with E-state index < -0.39 is 11.7 Å². The second-order valence-electron chi connectivity index (χ2n) is 4.93. The van der Waals surface area contributed by atoms with Gasteiger partial charge >= 0.3 is 6.18 Å². The molecule has 3 aromatic rings. The minimum atomic E-state index is -4.32. The Morgan fingerprint density at radius 2 is 1.77 bits per heavy atom. The maximum Gasteiger partial charge on any atom is 0.416 e. The van der Waals surface area contributed by atoms with E-state index in [0.717, 1.165) is 23.0 Å². The highest BCUT2D eigenvalue weighted by Gasteiger charge is 2.29. The highest BCUT2D eigenvalue weighted by atomic mass is 19.4. The molecule has 0 aliphatic rings. The monoisotopic (exact) mass is 306 g/mol. The minimum absolute atomic E-state index is 0.188. The number of aromatic nitrogens is 1. The van der Waals surface area contributed by atoms with Gasteiger partial charge in [-0.1, -0.05) is 12.1 Å². The molecule has 0 fully saturated rings. The van der Waals surface area contributed by atoms with Crippen LogP contribution < -0.4 is 10.5 Å². The van der Waals surface area contributed by atoms with Gasteiger partial charge in [0.15, 0.2) is 0 Å². The van der Waals surface area contributed by atoms with E-state index >= 15 is 0 Å². The molecule has 3 nitrogen and oxygen atoms in total. The third-order valence-corrected chi connectivity index (χ3v) is 3.37. The number of hydrogen-bond donors (Lipinski definition) is 2. The average Bonchev–Trinajstić information content (AvgIpc) is 2.86. The first-order valence-corrected chi connectivity index (χ1v) is 6.59. The van der Waals surface area contributed by atoms with Crippen molar-refractivity contribution in [1.29, 1.82) is 0 Å². The lowest BCUT2D eigenvalue weighted by molar-refractivity contribution is -0.137. The molecule has 0 amide bonds. The summed E-state index contributed by atoms with van der Waals surface area (Å²) < 4.78 is 43.0. The molecule has 0 bridgehead atoms. The molecular formula is C16H13F3N2O. The zero-order chi connectivity index (χ0) is 15.7. The van der Waals surface area contributed by atoms with Crippen LogP contribution in [0.3, 0.4) is 0 Å². The number of ether oxygens (including phenoxy) is 1. The first-order valence-electron chi connectivity index (χ1n) is 6.59. The summed E-state index contributed by atoms with van der Waals surface area (Å²) in [6.45, 7) is 0.188. The van der Waals surface area contributed by atoms with E-state index in [4.69, 9.17) is 10.5 Å². The van der Waals surface area contributed by atoms with Gasteiger partial charge in [-0.25, -0.2) is 0 Å². The van der Waals surface area contributed by atoms with Crippen LogP contribution >= 0.6 is 0 Å². The third kappa shape index (κ3) is 2.86. The summed E-state index contributed by atoms with van der Waals surface area (Å²) in [6, 6.07) is 10.3. The topological polar surface area (TPSA) is 51.0 Å². The SMILES string of the molecule is Nc1c[nH]c2ccc(OCc3ccc(C(F)(F)F)cc3)cc12. The van der Waals surface area contributed by atoms with Gasteiger partial charge in [0.25, 0.3) is 0 Å². The fourth-order valence-corrected chi connectivity index (χ4v) is 2.17. The number of anilines is 1. The van der Waals surface area contributed by atoms with Crippen LogP contribution in [0.15, 0.2) is 48.7 Å². The third-order valence-electron chi connectivity index (χ3n) is 3.37. The average molecular weight is 306 g/mol. The number of aromatic amines is 1. The summed E-state index contributed by atoms with van der Waals surface area (Å²) in [5.74, 6) is 0.610. The fraction of sp³-hybridized carbons (Fsp3) is 0.125. The van der Waals surface area contributed by atoms with Gasteiger partial charge in [-0.15, -0.1) is 0 Å². The summed E-state index contributed by atoms with van der Waals surface area (Å²) in [5.41, 5.74) is 7.33. The minimum Gasteiger partial charge on any atom is -0.489 e. The maximum absolute atomic E-state index is 12.5. The Kier molecular flexibility index (Phi) is 3.44. The van der Waals surface area contributed by atoms with Crippen LogP contribution in [0, 0.1) is 0 Å². The molecule has 0 unspecified atom stereocenters. The molecule has 2 aromatic carbocycles. The molecule has 0 saturated carbocycles. The van der Waals surface area contributed by atoms with E-state index in [9.17, 15) is 13.2 Å². The van der Waals surface area contributed by atoms with Crippen molar-refractivity contribution in [3.8, 4) is 5.75 Å². The van der Waals surface area contributed by atoms with Crippen LogP contribution in [-0.4, -0.2) is 4.98 Å². The molecule has 0 radical (unpaired) electrons. The number of nitrogens with two attached hydrogens (primary N) is 1. The largest absolute Gasteiger partial charge is 0.489 e. The molecule has 6 heteroatoms. The number of halogens is 3. The number of alkyl halides is 3. The molecule has 3 N–H and O–H groups in total. The van der Waals surface area contributed by atoms with Gasteiger partial charge in [0, 0.05) is 17.1 Å². The van der Waals surface area contributed by atoms with Crippen molar-refractivity contribution >= 4 is 16.6 Å². The molecule has 0 atom stereocenters. The Morgan fingerprint density at radius 1 is 1.05 bits per heavy atom. The van der Waals surface area contributed by atoms with Crippen LogP contribution in [0.5, 0.6) is 5.75 Å². The van der Waals surface area contributed by atoms with Gasteiger partial charge in [0.1, 0.15) is 12.4 Å². The van der Waals surface area contributed by atoms with E-state index in [2.05, 4.69) is 4.98 Å². The standard InChI is InChI=1S/C16H13F3N2O/c17-16(18,19)11-3-1-10(2-4-11)9-22-12-5-6-15-13(7-12)14(20)8-21-15/h1-8,21H,9,20H2. The number of H-pyrrole nitrogens is 1. The summed E-state index contributed by atoms with van der Waals surface area (Å²) in [7, 11) is 0.